The number of Topliss-reactive ketones (excluding diaryl/α,β-unsaturated/α-hetero) is 1. The van der Waals surface area contributed by atoms with Gasteiger partial charge in [-0.1, -0.05) is 0 Å². The van der Waals surface area contributed by atoms with Crippen LogP contribution in [0.3, 0.4) is 0 Å². The number of rotatable bonds is 0. The van der Waals surface area contributed by atoms with E-state index in [9.17, 15) is 9.59 Å². The summed E-state index contributed by atoms with van der Waals surface area (Å²) < 4.78 is 0. The highest BCUT2D eigenvalue weighted by Crippen LogP contribution is 2.26. The van der Waals surface area contributed by atoms with Crippen molar-refractivity contribution in [3.8, 4) is 0 Å². The Hall–Kier alpha value is -1.12. The third-order valence-corrected chi connectivity index (χ3v) is 2.21. The molecule has 1 N–H and O–H groups in total. The molecule has 0 bridgehead atoms. The zero-order valence-corrected chi connectivity index (χ0v) is 6.14. The number of carbonyl (C=O) groups excluding carboxylic acids is 2. The SMILES string of the molecule is O=C1NC2=C(CCCC2)C1=O. The molecule has 0 atom stereocenters. The number of hydrogen-bond acceptors (Lipinski definition) is 2. The van der Waals surface area contributed by atoms with E-state index < -0.39 is 5.91 Å². The summed E-state index contributed by atoms with van der Waals surface area (Å²) >= 11 is 0. The zero-order chi connectivity index (χ0) is 7.84. The van der Waals surface area contributed by atoms with Crippen LogP contribution in [0.15, 0.2) is 11.3 Å². The normalized spacial score (nSPS) is 23.6. The van der Waals surface area contributed by atoms with Crippen LogP contribution in [-0.4, -0.2) is 11.7 Å². The molecule has 2 rings (SSSR count). The van der Waals surface area contributed by atoms with Gasteiger partial charge in [-0.05, 0) is 25.7 Å². The molecule has 0 unspecified atom stereocenters. The van der Waals surface area contributed by atoms with Crippen LogP contribution >= 0.6 is 0 Å². The predicted molar refractivity (Wildman–Crippen MR) is 38.6 cm³/mol. The molecule has 0 spiro atoms. The Morgan fingerprint density at radius 3 is 2.55 bits per heavy atom. The lowest BCUT2D eigenvalue weighted by atomic mass is 9.96. The lowest BCUT2D eigenvalue weighted by molar-refractivity contribution is -0.134. The van der Waals surface area contributed by atoms with E-state index in [1.165, 1.54) is 0 Å². The highest BCUT2D eigenvalue weighted by molar-refractivity contribution is 6.45. The molecular weight excluding hydrogens is 142 g/mol. The third-order valence-electron chi connectivity index (χ3n) is 2.21. The molecule has 58 valence electrons. The molecule has 0 saturated heterocycles. The summed E-state index contributed by atoms with van der Waals surface area (Å²) in [4.78, 5) is 21.9. The molecule has 11 heavy (non-hydrogen) atoms. The van der Waals surface area contributed by atoms with Gasteiger partial charge < -0.3 is 5.32 Å². The fourth-order valence-corrected chi connectivity index (χ4v) is 1.62. The molecule has 1 amide bonds. The molecule has 0 saturated carbocycles. The Morgan fingerprint density at radius 1 is 1.09 bits per heavy atom. The second-order valence-corrected chi connectivity index (χ2v) is 2.95. The Morgan fingerprint density at radius 2 is 1.82 bits per heavy atom. The predicted octanol–water partition coefficient (Wildman–Crippen LogP) is 0.513. The molecule has 0 aromatic carbocycles. The fraction of sp³-hybridized carbons (Fsp3) is 0.500. The van der Waals surface area contributed by atoms with Crippen LogP contribution in [0.1, 0.15) is 25.7 Å². The first-order chi connectivity index (χ1) is 5.29. The number of amides is 1. The van der Waals surface area contributed by atoms with Crippen molar-refractivity contribution in [2.75, 3.05) is 0 Å². The molecule has 0 aromatic heterocycles. The van der Waals surface area contributed by atoms with Crippen LogP contribution < -0.4 is 5.32 Å². The second kappa shape index (κ2) is 2.19. The summed E-state index contributed by atoms with van der Waals surface area (Å²) in [6.45, 7) is 0. The summed E-state index contributed by atoms with van der Waals surface area (Å²) in [7, 11) is 0. The minimum absolute atomic E-state index is 0.306. The van der Waals surface area contributed by atoms with Crippen molar-refractivity contribution < 1.29 is 9.59 Å². The first-order valence-corrected chi connectivity index (χ1v) is 3.87. The number of hydrogen-bond donors (Lipinski definition) is 1. The van der Waals surface area contributed by atoms with Gasteiger partial charge in [-0.2, -0.15) is 0 Å². The summed E-state index contributed by atoms with van der Waals surface area (Å²) in [5.41, 5.74) is 1.62. The highest BCUT2D eigenvalue weighted by Gasteiger charge is 2.31. The van der Waals surface area contributed by atoms with E-state index in [1.54, 1.807) is 0 Å². The summed E-state index contributed by atoms with van der Waals surface area (Å²) in [6, 6.07) is 0. The standard InChI is InChI=1S/C8H9NO2/c10-7-5-3-1-2-4-6(5)9-8(7)11/h1-4H2,(H,9,10,11). The Balaban J connectivity index is 2.34. The highest BCUT2D eigenvalue weighted by atomic mass is 16.2. The number of carbonyl (C=O) groups is 2. The van der Waals surface area contributed by atoms with Crippen LogP contribution in [-0.2, 0) is 9.59 Å². The molecule has 1 aliphatic carbocycles. The van der Waals surface area contributed by atoms with Crippen molar-refractivity contribution in [3.05, 3.63) is 11.3 Å². The monoisotopic (exact) mass is 151 g/mol. The molecule has 2 aliphatic rings. The maximum absolute atomic E-state index is 11.1. The Kier molecular flexibility index (Phi) is 1.31. The van der Waals surface area contributed by atoms with Crippen LogP contribution in [0.2, 0.25) is 0 Å². The molecule has 3 nitrogen and oxygen atoms in total. The van der Waals surface area contributed by atoms with E-state index >= 15 is 0 Å². The van der Waals surface area contributed by atoms with Gasteiger partial charge in [-0.25, -0.2) is 0 Å². The summed E-state index contributed by atoms with van der Waals surface area (Å²) in [5.74, 6) is -0.739. The molecule has 0 radical (unpaired) electrons. The first-order valence-electron chi connectivity index (χ1n) is 3.87. The largest absolute Gasteiger partial charge is 0.322 e. The van der Waals surface area contributed by atoms with Crippen molar-refractivity contribution in [2.24, 2.45) is 0 Å². The first kappa shape index (κ1) is 6.58. The van der Waals surface area contributed by atoms with Crippen molar-refractivity contribution in [1.82, 2.24) is 5.32 Å². The molecule has 0 fully saturated rings. The minimum atomic E-state index is -0.433. The Labute approximate surface area is 64.5 Å². The topological polar surface area (TPSA) is 46.2 Å². The quantitative estimate of drug-likeness (QED) is 0.513. The van der Waals surface area contributed by atoms with Gasteiger partial charge in [0.1, 0.15) is 0 Å². The molecule has 1 heterocycles. The molecular formula is C8H9NO2. The number of nitrogens with one attached hydrogen (secondary N) is 1. The second-order valence-electron chi connectivity index (χ2n) is 2.95. The fourth-order valence-electron chi connectivity index (χ4n) is 1.62. The lowest BCUT2D eigenvalue weighted by Crippen LogP contribution is -2.20. The van der Waals surface area contributed by atoms with Crippen LogP contribution in [0.25, 0.3) is 0 Å². The van der Waals surface area contributed by atoms with Gasteiger partial charge in [-0.15, -0.1) is 0 Å². The number of ketones is 1. The summed E-state index contributed by atoms with van der Waals surface area (Å²) in [5, 5.41) is 2.60. The van der Waals surface area contributed by atoms with Crippen LogP contribution in [0.5, 0.6) is 0 Å². The van der Waals surface area contributed by atoms with E-state index in [1.807, 2.05) is 0 Å². The van der Waals surface area contributed by atoms with E-state index in [2.05, 4.69) is 5.32 Å². The van der Waals surface area contributed by atoms with Gasteiger partial charge in [0.25, 0.3) is 5.91 Å². The number of allylic oxidation sites excluding steroid dienone is 1. The Bertz CT molecular complexity index is 265. The van der Waals surface area contributed by atoms with E-state index in [4.69, 9.17) is 0 Å². The zero-order valence-electron chi connectivity index (χ0n) is 6.14. The van der Waals surface area contributed by atoms with E-state index in [0.717, 1.165) is 37.0 Å². The van der Waals surface area contributed by atoms with Crippen molar-refractivity contribution in [2.45, 2.75) is 25.7 Å². The minimum Gasteiger partial charge on any atom is -0.322 e. The van der Waals surface area contributed by atoms with Gasteiger partial charge in [0.05, 0.1) is 0 Å². The van der Waals surface area contributed by atoms with Crippen LogP contribution in [0.4, 0.5) is 0 Å². The summed E-state index contributed by atoms with van der Waals surface area (Å²) in [6.07, 6.45) is 3.78. The van der Waals surface area contributed by atoms with Gasteiger partial charge >= 0.3 is 0 Å². The van der Waals surface area contributed by atoms with Gasteiger partial charge in [0.15, 0.2) is 0 Å². The molecule has 3 heteroatoms. The van der Waals surface area contributed by atoms with Gasteiger partial charge in [0.2, 0.25) is 5.78 Å². The maximum Gasteiger partial charge on any atom is 0.296 e. The van der Waals surface area contributed by atoms with Crippen LogP contribution in [0, 0.1) is 0 Å². The third kappa shape index (κ3) is 0.878. The van der Waals surface area contributed by atoms with Gasteiger partial charge in [-0.3, -0.25) is 9.59 Å². The van der Waals surface area contributed by atoms with E-state index in [0.29, 0.717) is 0 Å². The average Bonchev–Trinajstić information content (AvgIpc) is 2.30. The van der Waals surface area contributed by atoms with E-state index in [-0.39, 0.29) is 5.78 Å². The molecule has 0 aromatic rings. The lowest BCUT2D eigenvalue weighted by Gasteiger charge is -2.10. The average molecular weight is 151 g/mol. The van der Waals surface area contributed by atoms with Crippen molar-refractivity contribution >= 4 is 11.7 Å². The van der Waals surface area contributed by atoms with Gasteiger partial charge in [0, 0.05) is 11.3 Å². The molecule has 1 aliphatic heterocycles. The van der Waals surface area contributed by atoms with Crippen molar-refractivity contribution in [3.63, 3.8) is 0 Å². The van der Waals surface area contributed by atoms with Crippen molar-refractivity contribution in [1.29, 1.82) is 0 Å². The maximum atomic E-state index is 11.1. The smallest absolute Gasteiger partial charge is 0.296 e.